The Balaban J connectivity index is 1.60. The molecule has 27 heavy (non-hydrogen) atoms. The van der Waals surface area contributed by atoms with Crippen LogP contribution in [0.5, 0.6) is 0 Å². The average Bonchev–Trinajstić information content (AvgIpc) is 3.11. The highest BCUT2D eigenvalue weighted by molar-refractivity contribution is 6.04. The zero-order valence-corrected chi connectivity index (χ0v) is 15.3. The molecule has 1 unspecified atom stereocenters. The molecule has 0 radical (unpaired) electrons. The van der Waals surface area contributed by atoms with E-state index in [0.29, 0.717) is 11.3 Å². The number of hydrogen-bond donors (Lipinski definition) is 3. The van der Waals surface area contributed by atoms with E-state index in [1.54, 1.807) is 12.1 Å². The van der Waals surface area contributed by atoms with Gasteiger partial charge >= 0.3 is 0 Å². The monoisotopic (exact) mass is 369 g/mol. The molecular weight excluding hydrogens is 345 g/mol. The molecule has 0 saturated heterocycles. The van der Waals surface area contributed by atoms with Crippen LogP contribution in [0.4, 0.5) is 10.1 Å². The Morgan fingerprint density at radius 2 is 1.63 bits per heavy atom. The number of carbonyl (C=O) groups excluding carboxylic acids is 2. The second-order valence-corrected chi connectivity index (χ2v) is 7.14. The van der Waals surface area contributed by atoms with Gasteiger partial charge in [0.1, 0.15) is 5.82 Å². The summed E-state index contributed by atoms with van der Waals surface area (Å²) < 4.78 is 12.9. The lowest BCUT2D eigenvalue weighted by Gasteiger charge is -2.25. The molecule has 1 saturated carbocycles. The summed E-state index contributed by atoms with van der Waals surface area (Å²) in [6.45, 7) is 1.91. The molecule has 1 atom stereocenters. The van der Waals surface area contributed by atoms with Gasteiger partial charge in [0.25, 0.3) is 5.91 Å². The van der Waals surface area contributed by atoms with Crippen molar-refractivity contribution >= 4 is 17.5 Å². The second kappa shape index (κ2) is 7.88. The first-order valence-electron chi connectivity index (χ1n) is 9.14. The van der Waals surface area contributed by atoms with Crippen molar-refractivity contribution in [1.29, 1.82) is 0 Å². The summed E-state index contributed by atoms with van der Waals surface area (Å²) in [6, 6.07) is 12.4. The molecule has 142 valence electrons. The van der Waals surface area contributed by atoms with Crippen LogP contribution in [-0.4, -0.2) is 17.4 Å². The van der Waals surface area contributed by atoms with E-state index in [9.17, 15) is 14.0 Å². The Kier molecular flexibility index (Phi) is 5.56. The highest BCUT2D eigenvalue weighted by Crippen LogP contribution is 2.28. The Labute approximate surface area is 158 Å². The lowest BCUT2D eigenvalue weighted by Crippen LogP contribution is -2.52. The molecular formula is C21H24FN3O2. The molecule has 0 aliphatic heterocycles. The normalized spacial score (nSPS) is 16.6. The molecule has 3 rings (SSSR count). The molecule has 0 spiro atoms. The van der Waals surface area contributed by atoms with Gasteiger partial charge < -0.3 is 16.4 Å². The van der Waals surface area contributed by atoms with Crippen molar-refractivity contribution in [2.75, 3.05) is 5.32 Å². The number of nitrogens with two attached hydrogens (primary N) is 1. The van der Waals surface area contributed by atoms with Crippen molar-refractivity contribution in [2.45, 2.75) is 44.2 Å². The van der Waals surface area contributed by atoms with Crippen molar-refractivity contribution in [3.8, 4) is 0 Å². The van der Waals surface area contributed by atoms with Crippen LogP contribution in [0.1, 0.15) is 54.6 Å². The summed E-state index contributed by atoms with van der Waals surface area (Å²) in [5.74, 6) is -0.805. The van der Waals surface area contributed by atoms with E-state index >= 15 is 0 Å². The van der Waals surface area contributed by atoms with Gasteiger partial charge in [-0.15, -0.1) is 0 Å². The van der Waals surface area contributed by atoms with Gasteiger partial charge in [0.2, 0.25) is 5.91 Å². The van der Waals surface area contributed by atoms with Crippen molar-refractivity contribution in [2.24, 2.45) is 5.73 Å². The number of benzene rings is 2. The molecule has 2 aromatic rings. The maximum atomic E-state index is 12.9. The molecule has 2 aromatic carbocycles. The molecule has 1 aliphatic rings. The number of nitrogens with one attached hydrogen (secondary N) is 2. The van der Waals surface area contributed by atoms with Crippen molar-refractivity contribution in [1.82, 2.24) is 5.32 Å². The van der Waals surface area contributed by atoms with Crippen molar-refractivity contribution in [3.05, 3.63) is 65.5 Å². The minimum absolute atomic E-state index is 0.110. The third-order valence-corrected chi connectivity index (χ3v) is 5.07. The summed E-state index contributed by atoms with van der Waals surface area (Å²) in [4.78, 5) is 24.6. The van der Waals surface area contributed by atoms with Gasteiger partial charge in [-0.2, -0.15) is 0 Å². The van der Waals surface area contributed by atoms with Crippen molar-refractivity contribution in [3.63, 3.8) is 0 Å². The first-order chi connectivity index (χ1) is 12.9. The zero-order valence-electron chi connectivity index (χ0n) is 15.3. The van der Waals surface area contributed by atoms with E-state index in [0.717, 1.165) is 31.2 Å². The molecule has 4 N–H and O–H groups in total. The van der Waals surface area contributed by atoms with Gasteiger partial charge in [-0.1, -0.05) is 25.0 Å². The SMILES string of the molecule is CC(NC(=O)C1(N)CCCC1)c1ccc(NC(=O)c2ccc(F)cc2)cc1. The van der Waals surface area contributed by atoms with Crippen LogP contribution in [0.15, 0.2) is 48.5 Å². The molecule has 2 amide bonds. The van der Waals surface area contributed by atoms with Crippen LogP contribution in [0, 0.1) is 5.82 Å². The highest BCUT2D eigenvalue weighted by atomic mass is 19.1. The first kappa shape index (κ1) is 19.0. The van der Waals surface area contributed by atoms with E-state index in [-0.39, 0.29) is 23.7 Å². The fraction of sp³-hybridized carbons (Fsp3) is 0.333. The number of anilines is 1. The summed E-state index contributed by atoms with van der Waals surface area (Å²) in [5, 5.41) is 5.75. The lowest BCUT2D eigenvalue weighted by molar-refractivity contribution is -0.126. The summed E-state index contributed by atoms with van der Waals surface area (Å²) >= 11 is 0. The Morgan fingerprint density at radius 3 is 2.22 bits per heavy atom. The standard InChI is InChI=1S/C21H24FN3O2/c1-14(24-20(27)21(23)12-2-3-13-21)15-6-10-18(11-7-15)25-19(26)16-4-8-17(22)9-5-16/h4-11,14H,2-3,12-13,23H2,1H3,(H,24,27)(H,25,26). The van der Waals surface area contributed by atoms with Gasteiger partial charge in [-0.3, -0.25) is 9.59 Å². The summed E-state index contributed by atoms with van der Waals surface area (Å²) in [6.07, 6.45) is 3.42. The van der Waals surface area contributed by atoms with Crippen LogP contribution >= 0.6 is 0 Å². The van der Waals surface area contributed by atoms with Crippen LogP contribution < -0.4 is 16.4 Å². The van der Waals surface area contributed by atoms with Gasteiger partial charge in [-0.25, -0.2) is 4.39 Å². The van der Waals surface area contributed by atoms with Crippen LogP contribution in [0.3, 0.4) is 0 Å². The smallest absolute Gasteiger partial charge is 0.255 e. The maximum absolute atomic E-state index is 12.9. The van der Waals surface area contributed by atoms with Crippen molar-refractivity contribution < 1.29 is 14.0 Å². The molecule has 6 heteroatoms. The van der Waals surface area contributed by atoms with E-state index < -0.39 is 5.54 Å². The van der Waals surface area contributed by atoms with Gasteiger partial charge in [0.05, 0.1) is 11.6 Å². The van der Waals surface area contributed by atoms with Crippen LogP contribution in [0.25, 0.3) is 0 Å². The second-order valence-electron chi connectivity index (χ2n) is 7.14. The number of carbonyl (C=O) groups is 2. The number of amides is 2. The number of halogens is 1. The molecule has 1 aliphatic carbocycles. The quantitative estimate of drug-likeness (QED) is 0.754. The minimum atomic E-state index is -0.753. The third kappa shape index (κ3) is 4.52. The van der Waals surface area contributed by atoms with Crippen LogP contribution in [0.2, 0.25) is 0 Å². The fourth-order valence-corrected chi connectivity index (χ4v) is 3.32. The number of hydrogen-bond acceptors (Lipinski definition) is 3. The Hall–Kier alpha value is -2.73. The van der Waals surface area contributed by atoms with E-state index in [2.05, 4.69) is 10.6 Å². The molecule has 0 aromatic heterocycles. The highest BCUT2D eigenvalue weighted by Gasteiger charge is 2.37. The fourth-order valence-electron chi connectivity index (χ4n) is 3.32. The molecule has 0 bridgehead atoms. The van der Waals surface area contributed by atoms with E-state index in [1.807, 2.05) is 19.1 Å². The maximum Gasteiger partial charge on any atom is 0.255 e. The Morgan fingerprint density at radius 1 is 1.04 bits per heavy atom. The molecule has 5 nitrogen and oxygen atoms in total. The van der Waals surface area contributed by atoms with Crippen LogP contribution in [-0.2, 0) is 4.79 Å². The summed E-state index contributed by atoms with van der Waals surface area (Å²) in [7, 11) is 0. The predicted octanol–water partition coefficient (Wildman–Crippen LogP) is 3.53. The lowest BCUT2D eigenvalue weighted by atomic mass is 9.97. The average molecular weight is 369 g/mol. The largest absolute Gasteiger partial charge is 0.348 e. The third-order valence-electron chi connectivity index (χ3n) is 5.07. The predicted molar refractivity (Wildman–Crippen MR) is 103 cm³/mol. The Bertz CT molecular complexity index is 812. The molecule has 1 fully saturated rings. The van der Waals surface area contributed by atoms with E-state index in [1.165, 1.54) is 24.3 Å². The number of rotatable bonds is 5. The zero-order chi connectivity index (χ0) is 19.4. The van der Waals surface area contributed by atoms with Gasteiger partial charge in [-0.05, 0) is 61.7 Å². The summed E-state index contributed by atoms with van der Waals surface area (Å²) in [5.41, 5.74) is 7.36. The topological polar surface area (TPSA) is 84.2 Å². The van der Waals surface area contributed by atoms with Gasteiger partial charge in [0, 0.05) is 11.3 Å². The minimum Gasteiger partial charge on any atom is -0.348 e. The van der Waals surface area contributed by atoms with Gasteiger partial charge in [0.15, 0.2) is 0 Å². The molecule has 0 heterocycles. The first-order valence-corrected chi connectivity index (χ1v) is 9.14. The van der Waals surface area contributed by atoms with E-state index in [4.69, 9.17) is 5.73 Å².